The molecule has 0 fully saturated rings. The predicted molar refractivity (Wildman–Crippen MR) is 120 cm³/mol. The number of ketones is 1. The Kier molecular flexibility index (Phi) is 4.26. The fourth-order valence-electron chi connectivity index (χ4n) is 4.41. The largest absolute Gasteiger partial charge is 0.464 e. The zero-order chi connectivity index (χ0) is 22.5. The fraction of sp³-hybridized carbons (Fsp3) is 0.0741. The Labute approximate surface area is 187 Å². The van der Waals surface area contributed by atoms with Crippen LogP contribution in [-0.2, 0) is 4.79 Å². The minimum atomic E-state index is -0.666. The highest BCUT2D eigenvalue weighted by atomic mass is 16.5. The van der Waals surface area contributed by atoms with E-state index in [0.29, 0.717) is 33.4 Å². The molecule has 0 radical (unpaired) electrons. The van der Waals surface area contributed by atoms with Crippen molar-refractivity contribution in [3.8, 4) is 11.5 Å². The van der Waals surface area contributed by atoms with E-state index in [-0.39, 0.29) is 29.1 Å². The molecule has 1 atom stereocenters. The van der Waals surface area contributed by atoms with Gasteiger partial charge in [-0.1, -0.05) is 42.5 Å². The van der Waals surface area contributed by atoms with Gasteiger partial charge in [0.1, 0.15) is 17.1 Å². The molecule has 4 aromatic rings. The van der Waals surface area contributed by atoms with Gasteiger partial charge < -0.3 is 13.9 Å². The molecule has 0 bridgehead atoms. The molecule has 0 saturated heterocycles. The van der Waals surface area contributed by atoms with Crippen LogP contribution in [0.3, 0.4) is 0 Å². The summed E-state index contributed by atoms with van der Waals surface area (Å²) in [6.45, 7) is 0. The Morgan fingerprint density at radius 3 is 2.48 bits per heavy atom. The highest BCUT2D eigenvalue weighted by Gasteiger charge is 2.39. The Bertz CT molecular complexity index is 1540. The summed E-state index contributed by atoms with van der Waals surface area (Å²) >= 11 is 0. The quantitative estimate of drug-likeness (QED) is 0.254. The van der Waals surface area contributed by atoms with Crippen molar-refractivity contribution < 1.29 is 23.5 Å². The molecule has 1 aromatic heterocycles. The molecule has 6 nitrogen and oxygen atoms in total. The number of benzene rings is 3. The summed E-state index contributed by atoms with van der Waals surface area (Å²) in [4.78, 5) is 38.7. The van der Waals surface area contributed by atoms with Crippen molar-refractivity contribution in [3.63, 3.8) is 0 Å². The lowest BCUT2D eigenvalue weighted by Crippen LogP contribution is -2.25. The van der Waals surface area contributed by atoms with Gasteiger partial charge in [-0.15, -0.1) is 0 Å². The molecule has 6 heteroatoms. The number of ether oxygens (including phenoxy) is 2. The van der Waals surface area contributed by atoms with E-state index in [2.05, 4.69) is 0 Å². The third-order valence-corrected chi connectivity index (χ3v) is 5.96. The van der Waals surface area contributed by atoms with Crippen LogP contribution in [0.5, 0.6) is 11.5 Å². The first-order valence-electron chi connectivity index (χ1n) is 10.5. The molecule has 160 valence electrons. The second kappa shape index (κ2) is 7.31. The molecular formula is C27H16O6. The first-order chi connectivity index (χ1) is 16.1. The number of allylic oxidation sites excluding steroid dienone is 1. The number of para-hydroxylation sites is 1. The Morgan fingerprint density at radius 1 is 0.848 bits per heavy atom. The van der Waals surface area contributed by atoms with E-state index in [9.17, 15) is 14.4 Å². The normalized spacial score (nSPS) is 18.1. The van der Waals surface area contributed by atoms with E-state index in [1.807, 2.05) is 30.3 Å². The van der Waals surface area contributed by atoms with Gasteiger partial charge in [-0.05, 0) is 35.9 Å². The van der Waals surface area contributed by atoms with Crippen molar-refractivity contribution >= 4 is 28.8 Å². The Hall–Kier alpha value is -4.45. The van der Waals surface area contributed by atoms with Crippen LogP contribution in [0.25, 0.3) is 17.0 Å². The third kappa shape index (κ3) is 3.07. The van der Waals surface area contributed by atoms with Gasteiger partial charge in [-0.2, -0.15) is 0 Å². The average Bonchev–Trinajstić information content (AvgIpc) is 3.14. The molecule has 0 N–H and O–H groups in total. The molecule has 0 saturated carbocycles. The van der Waals surface area contributed by atoms with Crippen LogP contribution >= 0.6 is 0 Å². The van der Waals surface area contributed by atoms with Crippen LogP contribution in [0.2, 0.25) is 0 Å². The van der Waals surface area contributed by atoms with Gasteiger partial charge in [0.05, 0.1) is 23.6 Å². The molecule has 33 heavy (non-hydrogen) atoms. The molecule has 2 aliphatic rings. The summed E-state index contributed by atoms with van der Waals surface area (Å²) in [6.07, 6.45) is 2.99. The van der Waals surface area contributed by atoms with Gasteiger partial charge in [-0.25, -0.2) is 0 Å². The highest BCUT2D eigenvalue weighted by molar-refractivity contribution is 6.15. The van der Waals surface area contributed by atoms with Gasteiger partial charge in [0.15, 0.2) is 11.2 Å². The minimum Gasteiger partial charge on any atom is -0.464 e. The van der Waals surface area contributed by atoms with Crippen LogP contribution in [-0.4, -0.2) is 11.8 Å². The zero-order valence-corrected chi connectivity index (χ0v) is 17.2. The smallest absolute Gasteiger partial charge is 0.312 e. The number of carbonyl (C=O) groups is 2. The van der Waals surface area contributed by atoms with Gasteiger partial charge in [0.2, 0.25) is 5.78 Å². The topological polar surface area (TPSA) is 82.8 Å². The molecule has 2 aliphatic heterocycles. The molecule has 6 rings (SSSR count). The first kappa shape index (κ1) is 19.3. The summed E-state index contributed by atoms with van der Waals surface area (Å²) in [5.41, 5.74) is 2.23. The van der Waals surface area contributed by atoms with Crippen LogP contribution in [0.1, 0.15) is 39.4 Å². The number of carbonyl (C=O) groups excluding carboxylic acids is 2. The SMILES string of the molecule is O=C1CC(c2coc3ccccc3c2=O)c2c(ccc3c2O/C(=C\c2ccccc2)C3=O)O1. The fourth-order valence-corrected chi connectivity index (χ4v) is 4.41. The van der Waals surface area contributed by atoms with Crippen LogP contribution in [0.15, 0.2) is 88.0 Å². The van der Waals surface area contributed by atoms with E-state index in [1.54, 1.807) is 42.5 Å². The summed E-state index contributed by atoms with van der Waals surface area (Å²) in [6, 6.07) is 19.5. The van der Waals surface area contributed by atoms with Crippen molar-refractivity contribution in [3.05, 3.63) is 111 Å². The van der Waals surface area contributed by atoms with E-state index < -0.39 is 11.9 Å². The summed E-state index contributed by atoms with van der Waals surface area (Å²) in [5.74, 6) is -0.644. The maximum absolute atomic E-state index is 13.3. The van der Waals surface area contributed by atoms with Crippen LogP contribution in [0, 0.1) is 0 Å². The second-order valence-corrected chi connectivity index (χ2v) is 7.95. The number of rotatable bonds is 2. The average molecular weight is 436 g/mol. The number of Topliss-reactive ketones (excluding diaryl/α,β-unsaturated/α-hetero) is 1. The lowest BCUT2D eigenvalue weighted by Gasteiger charge is -2.25. The summed E-state index contributed by atoms with van der Waals surface area (Å²) in [5, 5.41) is 0.421. The third-order valence-electron chi connectivity index (χ3n) is 5.96. The maximum Gasteiger partial charge on any atom is 0.312 e. The van der Waals surface area contributed by atoms with Crippen LogP contribution in [0.4, 0.5) is 0 Å². The van der Waals surface area contributed by atoms with Gasteiger partial charge in [0.25, 0.3) is 0 Å². The first-order valence-corrected chi connectivity index (χ1v) is 10.5. The standard InChI is InChI=1S/C27H16O6/c28-23-13-18(19-14-31-20-9-5-4-8-16(20)25(19)29)24-21(32-23)11-10-17-26(30)22(33-27(17)24)12-15-6-2-1-3-7-15/h1-12,14,18H,13H2/b22-12-. The zero-order valence-electron chi connectivity index (χ0n) is 17.2. The molecular weight excluding hydrogens is 420 g/mol. The predicted octanol–water partition coefficient (Wildman–Crippen LogP) is 4.85. The van der Waals surface area contributed by atoms with Gasteiger partial charge >= 0.3 is 5.97 Å². The van der Waals surface area contributed by atoms with Gasteiger partial charge in [-0.3, -0.25) is 14.4 Å². The lowest BCUT2D eigenvalue weighted by atomic mass is 9.85. The number of fused-ring (bicyclic) bond motifs is 4. The lowest BCUT2D eigenvalue weighted by molar-refractivity contribution is -0.135. The van der Waals surface area contributed by atoms with Crippen molar-refractivity contribution in [2.45, 2.75) is 12.3 Å². The van der Waals surface area contributed by atoms with E-state index in [4.69, 9.17) is 13.9 Å². The maximum atomic E-state index is 13.3. The van der Waals surface area contributed by atoms with Crippen molar-refractivity contribution in [2.75, 3.05) is 0 Å². The van der Waals surface area contributed by atoms with Crippen molar-refractivity contribution in [2.24, 2.45) is 0 Å². The Morgan fingerprint density at radius 2 is 1.64 bits per heavy atom. The molecule has 0 aliphatic carbocycles. The minimum absolute atomic E-state index is 0.0676. The molecule has 1 unspecified atom stereocenters. The molecule has 0 amide bonds. The number of hydrogen-bond acceptors (Lipinski definition) is 6. The summed E-state index contributed by atoms with van der Waals surface area (Å²) in [7, 11) is 0. The molecule has 3 aromatic carbocycles. The second-order valence-electron chi connectivity index (χ2n) is 7.95. The van der Waals surface area contributed by atoms with Gasteiger partial charge in [0, 0.05) is 17.0 Å². The van der Waals surface area contributed by atoms with E-state index in [1.165, 1.54) is 6.26 Å². The summed E-state index contributed by atoms with van der Waals surface area (Å²) < 4.78 is 17.2. The number of esters is 1. The van der Waals surface area contributed by atoms with Crippen molar-refractivity contribution in [1.82, 2.24) is 0 Å². The highest BCUT2D eigenvalue weighted by Crippen LogP contribution is 2.48. The van der Waals surface area contributed by atoms with Crippen molar-refractivity contribution in [1.29, 1.82) is 0 Å². The Balaban J connectivity index is 1.52. The molecule has 0 spiro atoms. The number of hydrogen-bond donors (Lipinski definition) is 0. The van der Waals surface area contributed by atoms with E-state index >= 15 is 0 Å². The monoisotopic (exact) mass is 436 g/mol. The molecule has 3 heterocycles. The van der Waals surface area contributed by atoms with Crippen LogP contribution < -0.4 is 14.9 Å². The van der Waals surface area contributed by atoms with E-state index in [0.717, 1.165) is 5.56 Å².